The molecule has 2 nitrogen and oxygen atoms in total. The van der Waals surface area contributed by atoms with Crippen LogP contribution in [-0.4, -0.2) is 6.34 Å². The number of hydrogen-bond donors (Lipinski definition) is 1. The molecule has 0 aromatic heterocycles. The Bertz CT molecular complexity index is 1320. The van der Waals surface area contributed by atoms with Crippen LogP contribution >= 0.6 is 0 Å². The van der Waals surface area contributed by atoms with E-state index in [2.05, 4.69) is 138 Å². The van der Waals surface area contributed by atoms with E-state index in [4.69, 9.17) is 4.99 Å². The molecular weight excluding hydrogens is 412 g/mol. The summed E-state index contributed by atoms with van der Waals surface area (Å²) in [4.78, 5) is 4.82. The predicted molar refractivity (Wildman–Crippen MR) is 146 cm³/mol. The second kappa shape index (κ2) is 9.46. The Kier molecular flexibility index (Phi) is 6.61. The molecule has 3 aromatic carbocycles. The lowest BCUT2D eigenvalue weighted by atomic mass is 9.74. The minimum absolute atomic E-state index is 0.0286. The summed E-state index contributed by atoms with van der Waals surface area (Å²) in [5.74, 6) is 0.225. The van der Waals surface area contributed by atoms with Crippen LogP contribution in [0.1, 0.15) is 58.6 Å². The molecule has 0 bridgehead atoms. The highest BCUT2D eigenvalue weighted by Crippen LogP contribution is 2.40. The molecular formula is C32H36N2. The molecule has 1 atom stereocenters. The van der Waals surface area contributed by atoms with E-state index in [0.29, 0.717) is 0 Å². The van der Waals surface area contributed by atoms with Gasteiger partial charge >= 0.3 is 0 Å². The van der Waals surface area contributed by atoms with E-state index in [0.717, 1.165) is 10.9 Å². The fraction of sp³-hybridized carbons (Fsp3) is 0.281. The third-order valence-corrected chi connectivity index (χ3v) is 6.32. The van der Waals surface area contributed by atoms with Gasteiger partial charge in [-0.2, -0.15) is 0 Å². The van der Waals surface area contributed by atoms with E-state index in [1.807, 2.05) is 6.34 Å². The summed E-state index contributed by atoms with van der Waals surface area (Å²) in [6.45, 7) is 13.8. The van der Waals surface area contributed by atoms with Gasteiger partial charge in [-0.25, -0.2) is 4.99 Å². The molecule has 1 aliphatic rings. The average Bonchev–Trinajstić information content (AvgIpc) is 2.79. The Balaban J connectivity index is 2.01. The maximum absolute atomic E-state index is 4.82. The van der Waals surface area contributed by atoms with Crippen LogP contribution < -0.4 is 15.8 Å². The van der Waals surface area contributed by atoms with E-state index in [-0.39, 0.29) is 16.7 Å². The Morgan fingerprint density at radius 3 is 1.94 bits per heavy atom. The number of allylic oxidation sites excluding steroid dienone is 1. The van der Waals surface area contributed by atoms with Crippen LogP contribution in [0.2, 0.25) is 0 Å². The molecule has 0 fully saturated rings. The Morgan fingerprint density at radius 2 is 1.32 bits per heavy atom. The second-order valence-electron chi connectivity index (χ2n) is 11.1. The number of aliphatic imine (C=N–C) groups is 1. The van der Waals surface area contributed by atoms with Gasteiger partial charge in [0.2, 0.25) is 0 Å². The zero-order chi connectivity index (χ0) is 24.3. The molecule has 0 radical (unpaired) electrons. The molecule has 1 aliphatic heterocycles. The van der Waals surface area contributed by atoms with E-state index >= 15 is 0 Å². The van der Waals surface area contributed by atoms with Crippen LogP contribution in [0.4, 0.5) is 0 Å². The van der Waals surface area contributed by atoms with Crippen molar-refractivity contribution in [3.63, 3.8) is 0 Å². The smallest absolute Gasteiger partial charge is 0.0928 e. The van der Waals surface area contributed by atoms with Crippen molar-refractivity contribution in [1.82, 2.24) is 5.32 Å². The maximum Gasteiger partial charge on any atom is 0.0928 e. The summed E-state index contributed by atoms with van der Waals surface area (Å²) >= 11 is 0. The van der Waals surface area contributed by atoms with E-state index in [9.17, 15) is 0 Å². The lowest BCUT2D eigenvalue weighted by Crippen LogP contribution is -2.34. The van der Waals surface area contributed by atoms with Gasteiger partial charge in [0.15, 0.2) is 0 Å². The van der Waals surface area contributed by atoms with Gasteiger partial charge in [-0.3, -0.25) is 0 Å². The van der Waals surface area contributed by atoms with Crippen molar-refractivity contribution in [3.05, 3.63) is 118 Å². The third-order valence-electron chi connectivity index (χ3n) is 6.32. The van der Waals surface area contributed by atoms with Gasteiger partial charge in [-0.05, 0) is 38.8 Å². The zero-order valence-corrected chi connectivity index (χ0v) is 21.3. The first-order valence-corrected chi connectivity index (χ1v) is 12.1. The standard InChI is InChI=1S/C32H36N2/c1-31(2,3)29(23-15-9-7-10-16-23)26-20-14-13-19-25(26)27-21-28(34-22-33-27)30(32(4,5)6)24-17-11-8-12-18-24/h7-22,30H,1-6H3,(H,33,34)/b27-25+,29-26?. The van der Waals surface area contributed by atoms with Crippen molar-refractivity contribution >= 4 is 17.6 Å². The Hall–Kier alpha value is -3.39. The van der Waals surface area contributed by atoms with E-state index in [1.165, 1.54) is 27.6 Å². The summed E-state index contributed by atoms with van der Waals surface area (Å²) in [7, 11) is 0. The number of rotatable bonds is 3. The molecule has 0 aliphatic carbocycles. The third kappa shape index (κ3) is 5.07. The van der Waals surface area contributed by atoms with Gasteiger partial charge < -0.3 is 5.32 Å². The van der Waals surface area contributed by atoms with Crippen LogP contribution in [0.5, 0.6) is 0 Å². The summed E-state index contributed by atoms with van der Waals surface area (Å²) in [5.41, 5.74) is 6.07. The average molecular weight is 449 g/mol. The molecule has 1 N–H and O–H groups in total. The first-order valence-electron chi connectivity index (χ1n) is 12.1. The second-order valence-corrected chi connectivity index (χ2v) is 11.1. The SMILES string of the molecule is CC(C)(C)C(c1ccccc1)=c1cccc/c1=C1/C=C(C(c2ccccc2)C(C)(C)C)NC=N1. The highest BCUT2D eigenvalue weighted by atomic mass is 15.0. The largest absolute Gasteiger partial charge is 0.349 e. The fourth-order valence-electron chi connectivity index (χ4n) is 5.03. The van der Waals surface area contributed by atoms with Crippen LogP contribution in [0.15, 0.2) is 102 Å². The molecule has 34 heavy (non-hydrogen) atoms. The lowest BCUT2D eigenvalue weighted by Gasteiger charge is -2.34. The van der Waals surface area contributed by atoms with Crippen molar-refractivity contribution in [3.8, 4) is 0 Å². The number of nitrogens with zero attached hydrogens (tertiary/aromatic N) is 1. The molecule has 3 aromatic rings. The zero-order valence-electron chi connectivity index (χ0n) is 21.3. The molecule has 4 rings (SSSR count). The number of hydrogen-bond acceptors (Lipinski definition) is 2. The minimum Gasteiger partial charge on any atom is -0.349 e. The molecule has 2 heteroatoms. The molecule has 1 unspecified atom stereocenters. The van der Waals surface area contributed by atoms with Crippen molar-refractivity contribution in [2.45, 2.75) is 47.5 Å². The number of benzene rings is 3. The van der Waals surface area contributed by atoms with Gasteiger partial charge in [0, 0.05) is 16.8 Å². The van der Waals surface area contributed by atoms with Gasteiger partial charge in [0.25, 0.3) is 0 Å². The van der Waals surface area contributed by atoms with Gasteiger partial charge in [0.05, 0.1) is 12.0 Å². The molecule has 0 saturated carbocycles. The molecule has 1 heterocycles. The fourth-order valence-corrected chi connectivity index (χ4v) is 5.03. The molecule has 0 saturated heterocycles. The lowest BCUT2D eigenvalue weighted by molar-refractivity contribution is 0.348. The molecule has 0 amide bonds. The highest BCUT2D eigenvalue weighted by Gasteiger charge is 2.30. The summed E-state index contributed by atoms with van der Waals surface area (Å²) < 4.78 is 0. The van der Waals surface area contributed by atoms with Crippen molar-refractivity contribution in [1.29, 1.82) is 0 Å². The normalized spacial score (nSPS) is 17.5. The van der Waals surface area contributed by atoms with Crippen molar-refractivity contribution in [2.75, 3.05) is 0 Å². The molecule has 174 valence electrons. The quantitative estimate of drug-likeness (QED) is 0.494. The van der Waals surface area contributed by atoms with Crippen LogP contribution in [-0.2, 0) is 0 Å². The summed E-state index contributed by atoms with van der Waals surface area (Å²) in [6, 6.07) is 30.2. The predicted octanol–water partition coefficient (Wildman–Crippen LogP) is 6.39. The van der Waals surface area contributed by atoms with Crippen molar-refractivity contribution in [2.24, 2.45) is 15.8 Å². The minimum atomic E-state index is -0.0286. The van der Waals surface area contributed by atoms with Crippen LogP contribution in [0, 0.1) is 10.8 Å². The maximum atomic E-state index is 4.82. The van der Waals surface area contributed by atoms with Crippen molar-refractivity contribution < 1.29 is 0 Å². The summed E-state index contributed by atoms with van der Waals surface area (Å²) in [5, 5.41) is 5.87. The van der Waals surface area contributed by atoms with E-state index < -0.39 is 0 Å². The highest BCUT2D eigenvalue weighted by molar-refractivity contribution is 5.76. The van der Waals surface area contributed by atoms with Crippen LogP contribution in [0.25, 0.3) is 11.3 Å². The Labute approximate surface area is 204 Å². The van der Waals surface area contributed by atoms with Gasteiger partial charge in [-0.1, -0.05) is 126 Å². The van der Waals surface area contributed by atoms with Gasteiger partial charge in [-0.15, -0.1) is 0 Å². The first-order chi connectivity index (χ1) is 16.2. The van der Waals surface area contributed by atoms with E-state index in [1.54, 1.807) is 0 Å². The Morgan fingerprint density at radius 1 is 0.735 bits per heavy atom. The first kappa shape index (κ1) is 23.8. The monoisotopic (exact) mass is 448 g/mol. The number of nitrogens with one attached hydrogen (secondary N) is 1. The topological polar surface area (TPSA) is 24.4 Å². The summed E-state index contributed by atoms with van der Waals surface area (Å²) in [6.07, 6.45) is 4.09. The van der Waals surface area contributed by atoms with Gasteiger partial charge in [0.1, 0.15) is 0 Å². The van der Waals surface area contributed by atoms with Crippen LogP contribution in [0.3, 0.4) is 0 Å². The molecule has 0 spiro atoms.